The van der Waals surface area contributed by atoms with E-state index in [0.717, 1.165) is 12.1 Å². The second-order valence-electron chi connectivity index (χ2n) is 3.89. The van der Waals surface area contributed by atoms with E-state index in [2.05, 4.69) is 0 Å². The first-order valence-corrected chi connectivity index (χ1v) is 5.55. The van der Waals surface area contributed by atoms with Gasteiger partial charge in [0, 0.05) is 11.8 Å². The molecule has 0 saturated carbocycles. The fourth-order valence-corrected chi connectivity index (χ4v) is 1.60. The zero-order chi connectivity index (χ0) is 14.7. The normalized spacial score (nSPS) is 9.90. The van der Waals surface area contributed by atoms with E-state index in [9.17, 15) is 8.78 Å². The van der Waals surface area contributed by atoms with Crippen LogP contribution in [-0.4, -0.2) is 7.11 Å². The molecule has 0 aliphatic heterocycles. The van der Waals surface area contributed by atoms with Gasteiger partial charge in [0.2, 0.25) is 0 Å². The molecule has 2 rings (SSSR count). The molecule has 0 amide bonds. The summed E-state index contributed by atoms with van der Waals surface area (Å²) in [7, 11) is 1.38. The topological polar surface area (TPSA) is 68.3 Å². The van der Waals surface area contributed by atoms with Gasteiger partial charge in [-0.2, -0.15) is 5.26 Å². The first-order chi connectivity index (χ1) is 9.55. The summed E-state index contributed by atoms with van der Waals surface area (Å²) in [5.74, 6) is -2.19. The van der Waals surface area contributed by atoms with Crippen molar-refractivity contribution in [2.45, 2.75) is 0 Å². The molecule has 0 saturated heterocycles. The first kappa shape index (κ1) is 13.6. The highest BCUT2D eigenvalue weighted by Crippen LogP contribution is 2.35. The minimum absolute atomic E-state index is 0.115. The minimum atomic E-state index is -0.972. The molecule has 2 aromatic rings. The summed E-state index contributed by atoms with van der Waals surface area (Å²) in [6, 6.07) is 7.85. The van der Waals surface area contributed by atoms with Crippen molar-refractivity contribution in [3.05, 3.63) is 47.5 Å². The number of hydrogen-bond acceptors (Lipinski definition) is 4. The lowest BCUT2D eigenvalue weighted by molar-refractivity contribution is 0.359. The van der Waals surface area contributed by atoms with Crippen molar-refractivity contribution in [3.63, 3.8) is 0 Å². The quantitative estimate of drug-likeness (QED) is 0.874. The van der Waals surface area contributed by atoms with Crippen LogP contribution in [0.2, 0.25) is 0 Å². The fraction of sp³-hybridized carbons (Fsp3) is 0.0714. The monoisotopic (exact) mass is 276 g/mol. The third-order valence-electron chi connectivity index (χ3n) is 2.53. The van der Waals surface area contributed by atoms with Crippen molar-refractivity contribution in [2.75, 3.05) is 12.8 Å². The number of nitriles is 1. The van der Waals surface area contributed by atoms with Crippen LogP contribution in [0.25, 0.3) is 0 Å². The van der Waals surface area contributed by atoms with Gasteiger partial charge in [-0.05, 0) is 24.3 Å². The molecule has 2 aromatic carbocycles. The zero-order valence-electron chi connectivity index (χ0n) is 10.5. The number of rotatable bonds is 3. The highest BCUT2D eigenvalue weighted by molar-refractivity contribution is 5.53. The molecule has 0 heterocycles. The van der Waals surface area contributed by atoms with E-state index in [1.807, 2.05) is 0 Å². The van der Waals surface area contributed by atoms with E-state index in [1.165, 1.54) is 25.3 Å². The second kappa shape index (κ2) is 5.45. The van der Waals surface area contributed by atoms with Gasteiger partial charge in [0.15, 0.2) is 28.9 Å². The number of benzene rings is 2. The molecule has 2 N–H and O–H groups in total. The average Bonchev–Trinajstić information content (AvgIpc) is 2.43. The van der Waals surface area contributed by atoms with Crippen molar-refractivity contribution in [1.29, 1.82) is 5.26 Å². The average molecular weight is 276 g/mol. The minimum Gasteiger partial charge on any atom is -0.493 e. The van der Waals surface area contributed by atoms with Gasteiger partial charge in [-0.15, -0.1) is 0 Å². The Bertz CT molecular complexity index is 673. The summed E-state index contributed by atoms with van der Waals surface area (Å²) in [6.45, 7) is 0. The van der Waals surface area contributed by atoms with Crippen LogP contribution < -0.4 is 15.2 Å². The van der Waals surface area contributed by atoms with Gasteiger partial charge in [0.05, 0.1) is 18.7 Å². The largest absolute Gasteiger partial charge is 0.493 e. The van der Waals surface area contributed by atoms with Crippen LogP contribution in [0, 0.1) is 23.0 Å². The summed E-state index contributed by atoms with van der Waals surface area (Å²) < 4.78 is 37.6. The van der Waals surface area contributed by atoms with Crippen molar-refractivity contribution in [3.8, 4) is 23.3 Å². The third-order valence-corrected chi connectivity index (χ3v) is 2.53. The first-order valence-electron chi connectivity index (χ1n) is 5.55. The highest BCUT2D eigenvalue weighted by Gasteiger charge is 2.16. The van der Waals surface area contributed by atoms with E-state index >= 15 is 0 Å². The molecule has 20 heavy (non-hydrogen) atoms. The molecule has 102 valence electrons. The summed E-state index contributed by atoms with van der Waals surface area (Å²) in [5.41, 5.74) is 5.87. The maximum Gasteiger partial charge on any atom is 0.198 e. The predicted octanol–water partition coefficient (Wildman–Crippen LogP) is 3.22. The second-order valence-corrected chi connectivity index (χ2v) is 3.89. The highest BCUT2D eigenvalue weighted by atomic mass is 19.1. The number of ether oxygens (including phenoxy) is 2. The van der Waals surface area contributed by atoms with Crippen LogP contribution in [0.4, 0.5) is 14.5 Å². The van der Waals surface area contributed by atoms with Crippen LogP contribution in [0.5, 0.6) is 17.2 Å². The van der Waals surface area contributed by atoms with Gasteiger partial charge < -0.3 is 15.2 Å². The van der Waals surface area contributed by atoms with Crippen LogP contribution in [0.1, 0.15) is 5.56 Å². The summed E-state index contributed by atoms with van der Waals surface area (Å²) in [4.78, 5) is 0. The van der Waals surface area contributed by atoms with Crippen LogP contribution in [0.15, 0.2) is 30.3 Å². The molecule has 4 nitrogen and oxygen atoms in total. The Kier molecular flexibility index (Phi) is 3.71. The number of halogens is 2. The zero-order valence-corrected chi connectivity index (χ0v) is 10.5. The van der Waals surface area contributed by atoms with Crippen LogP contribution in [-0.2, 0) is 0 Å². The Morgan fingerprint density at radius 1 is 1.10 bits per heavy atom. The lowest BCUT2D eigenvalue weighted by atomic mass is 10.2. The Morgan fingerprint density at radius 3 is 2.30 bits per heavy atom. The van der Waals surface area contributed by atoms with E-state index < -0.39 is 17.4 Å². The Balaban J connectivity index is 2.43. The summed E-state index contributed by atoms with van der Waals surface area (Å²) in [6.07, 6.45) is 0. The van der Waals surface area contributed by atoms with Gasteiger partial charge in [0.25, 0.3) is 0 Å². The lowest BCUT2D eigenvalue weighted by Gasteiger charge is -2.12. The molecular weight excluding hydrogens is 266 g/mol. The van der Waals surface area contributed by atoms with Crippen molar-refractivity contribution < 1.29 is 18.3 Å². The smallest absolute Gasteiger partial charge is 0.198 e. The standard InChI is InChI=1S/C14H10F2N2O2/c1-19-13-6-9(18)2-3-12(13)20-14-10(15)4-8(7-17)5-11(14)16/h2-6H,18H2,1H3. The Morgan fingerprint density at radius 2 is 1.75 bits per heavy atom. The van der Waals surface area contributed by atoms with Crippen molar-refractivity contribution >= 4 is 5.69 Å². The molecule has 0 radical (unpaired) electrons. The number of hydrogen-bond donors (Lipinski definition) is 1. The number of nitrogens with zero attached hydrogens (tertiary/aromatic N) is 1. The van der Waals surface area contributed by atoms with E-state index in [-0.39, 0.29) is 17.1 Å². The van der Waals surface area contributed by atoms with Crippen molar-refractivity contribution in [2.24, 2.45) is 0 Å². The molecule has 0 bridgehead atoms. The molecular formula is C14H10F2N2O2. The number of nitrogens with two attached hydrogens (primary N) is 1. The lowest BCUT2D eigenvalue weighted by Crippen LogP contribution is -1.97. The number of anilines is 1. The maximum atomic E-state index is 13.7. The third kappa shape index (κ3) is 2.62. The van der Waals surface area contributed by atoms with E-state index in [4.69, 9.17) is 20.5 Å². The molecule has 0 aromatic heterocycles. The fourth-order valence-electron chi connectivity index (χ4n) is 1.60. The Hall–Kier alpha value is -2.81. The SMILES string of the molecule is COc1cc(N)ccc1Oc1c(F)cc(C#N)cc1F. The molecule has 0 spiro atoms. The summed E-state index contributed by atoms with van der Waals surface area (Å²) >= 11 is 0. The molecule has 0 aliphatic rings. The Labute approximate surface area is 114 Å². The van der Waals surface area contributed by atoms with Gasteiger partial charge in [-0.25, -0.2) is 8.78 Å². The molecule has 0 fully saturated rings. The summed E-state index contributed by atoms with van der Waals surface area (Å²) in [5, 5.41) is 8.62. The van der Waals surface area contributed by atoms with Gasteiger partial charge >= 0.3 is 0 Å². The van der Waals surface area contributed by atoms with E-state index in [0.29, 0.717) is 5.69 Å². The molecule has 6 heteroatoms. The predicted molar refractivity (Wildman–Crippen MR) is 68.6 cm³/mol. The van der Waals surface area contributed by atoms with Crippen LogP contribution in [0.3, 0.4) is 0 Å². The van der Waals surface area contributed by atoms with Gasteiger partial charge in [-0.1, -0.05) is 0 Å². The maximum absolute atomic E-state index is 13.7. The molecule has 0 atom stereocenters. The van der Waals surface area contributed by atoms with Gasteiger partial charge in [-0.3, -0.25) is 0 Å². The van der Waals surface area contributed by atoms with Crippen LogP contribution >= 0.6 is 0 Å². The number of methoxy groups -OCH3 is 1. The van der Waals surface area contributed by atoms with E-state index in [1.54, 1.807) is 6.07 Å². The number of nitrogen functional groups attached to an aromatic ring is 1. The van der Waals surface area contributed by atoms with Crippen molar-refractivity contribution in [1.82, 2.24) is 0 Å². The molecule has 0 unspecified atom stereocenters. The van der Waals surface area contributed by atoms with Gasteiger partial charge in [0.1, 0.15) is 0 Å². The molecule has 0 aliphatic carbocycles.